The third kappa shape index (κ3) is 2.85. The fourth-order valence-electron chi connectivity index (χ4n) is 2.40. The van der Waals surface area contributed by atoms with Crippen molar-refractivity contribution in [3.63, 3.8) is 0 Å². The maximum Gasteiger partial charge on any atom is 0.340 e. The molecule has 0 saturated carbocycles. The van der Waals surface area contributed by atoms with Gasteiger partial charge in [0.15, 0.2) is 0 Å². The molecule has 23 heavy (non-hydrogen) atoms. The average Bonchev–Trinajstić information content (AvgIpc) is 2.95. The van der Waals surface area contributed by atoms with Gasteiger partial charge in [-0.25, -0.2) is 9.80 Å². The molecule has 7 nitrogen and oxygen atoms in total. The van der Waals surface area contributed by atoms with Crippen molar-refractivity contribution >= 4 is 23.3 Å². The lowest BCUT2D eigenvalue weighted by atomic mass is 10.1. The molecule has 120 valence electrons. The van der Waals surface area contributed by atoms with E-state index in [0.29, 0.717) is 23.6 Å². The van der Waals surface area contributed by atoms with Gasteiger partial charge >= 0.3 is 6.03 Å². The Labute approximate surface area is 133 Å². The zero-order valence-corrected chi connectivity index (χ0v) is 13.2. The van der Waals surface area contributed by atoms with E-state index in [1.54, 1.807) is 37.3 Å². The number of rotatable bonds is 3. The summed E-state index contributed by atoms with van der Waals surface area (Å²) in [4.78, 5) is 24.1. The smallest absolute Gasteiger partial charge is 0.340 e. The Kier molecular flexibility index (Phi) is 3.69. The normalized spacial score (nSPS) is 13.6. The molecule has 0 spiro atoms. The van der Waals surface area contributed by atoms with Gasteiger partial charge in [-0.2, -0.15) is 0 Å². The first-order valence-electron chi connectivity index (χ1n) is 7.21. The summed E-state index contributed by atoms with van der Waals surface area (Å²) in [7, 11) is 3.46. The summed E-state index contributed by atoms with van der Waals surface area (Å²) in [6.45, 7) is 2.17. The van der Waals surface area contributed by atoms with Crippen LogP contribution < -0.4 is 15.6 Å². The Morgan fingerprint density at radius 1 is 1.22 bits per heavy atom. The number of nitrogens with one attached hydrogen (secondary N) is 2. The van der Waals surface area contributed by atoms with Gasteiger partial charge in [-0.1, -0.05) is 0 Å². The molecule has 0 bridgehead atoms. The summed E-state index contributed by atoms with van der Waals surface area (Å²) in [5, 5.41) is 8.74. The molecule has 2 N–H and O–H groups in total. The van der Waals surface area contributed by atoms with Crippen LogP contribution in [0, 0.1) is 6.92 Å². The molecule has 0 fully saturated rings. The molecule has 1 aromatic heterocycles. The van der Waals surface area contributed by atoms with E-state index in [0.717, 1.165) is 11.4 Å². The number of hydrogen-bond acceptors (Lipinski definition) is 4. The first-order chi connectivity index (χ1) is 11.0. The van der Waals surface area contributed by atoms with Gasteiger partial charge in [0, 0.05) is 19.7 Å². The van der Waals surface area contributed by atoms with Gasteiger partial charge in [0.25, 0.3) is 5.91 Å². The Morgan fingerprint density at radius 2 is 2.00 bits per heavy atom. The van der Waals surface area contributed by atoms with Crippen molar-refractivity contribution in [3.05, 3.63) is 47.4 Å². The zero-order valence-electron chi connectivity index (χ0n) is 13.2. The topological polar surface area (TPSA) is 77.8 Å². The fraction of sp³-hybridized carbons (Fsp3) is 0.250. The van der Waals surface area contributed by atoms with Crippen LogP contribution in [0.1, 0.15) is 21.9 Å². The molecule has 0 saturated heterocycles. The molecule has 3 amide bonds. The monoisotopic (exact) mass is 314 g/mol. The van der Waals surface area contributed by atoms with Crippen LogP contribution in [0.3, 0.4) is 0 Å². The van der Waals surface area contributed by atoms with E-state index in [1.165, 1.54) is 5.01 Å². The van der Waals surface area contributed by atoms with Crippen LogP contribution in [0.2, 0.25) is 0 Å². The number of carbonyl (C=O) groups is 2. The molecule has 3 rings (SSSR count). The van der Waals surface area contributed by atoms with E-state index < -0.39 is 0 Å². The van der Waals surface area contributed by atoms with Crippen molar-refractivity contribution in [3.8, 4) is 0 Å². The minimum atomic E-state index is -0.247. The Balaban J connectivity index is 1.75. The maximum atomic E-state index is 12.2. The largest absolute Gasteiger partial charge is 0.465 e. The number of carbonyl (C=O) groups excluding carboxylic acids is 2. The second-order valence-electron chi connectivity index (χ2n) is 5.40. The number of nitrogens with zero attached hydrogens (tertiary/aromatic N) is 2. The SMILES string of the molecule is Cc1ccc(CNC(=O)c2ccc3c(c2)NC(=O)N(C)N3C)o1. The molecule has 7 heteroatoms. The lowest BCUT2D eigenvalue weighted by Crippen LogP contribution is -2.47. The highest BCUT2D eigenvalue weighted by Crippen LogP contribution is 2.30. The quantitative estimate of drug-likeness (QED) is 0.911. The predicted molar refractivity (Wildman–Crippen MR) is 86.2 cm³/mol. The first kappa shape index (κ1) is 15.0. The molecular weight excluding hydrogens is 296 g/mol. The number of furan rings is 1. The van der Waals surface area contributed by atoms with Crippen molar-refractivity contribution in [2.24, 2.45) is 0 Å². The van der Waals surface area contributed by atoms with E-state index >= 15 is 0 Å². The number of fused-ring (bicyclic) bond motifs is 1. The maximum absolute atomic E-state index is 12.2. The van der Waals surface area contributed by atoms with E-state index in [-0.39, 0.29) is 11.9 Å². The molecule has 0 atom stereocenters. The van der Waals surface area contributed by atoms with Crippen LogP contribution in [0.4, 0.5) is 16.2 Å². The van der Waals surface area contributed by atoms with Crippen molar-refractivity contribution in [1.82, 2.24) is 10.3 Å². The summed E-state index contributed by atoms with van der Waals surface area (Å²) >= 11 is 0. The second kappa shape index (κ2) is 5.68. The number of hydrogen-bond donors (Lipinski definition) is 2. The number of hydrazine groups is 1. The molecule has 1 aliphatic rings. The van der Waals surface area contributed by atoms with Crippen molar-refractivity contribution < 1.29 is 14.0 Å². The molecule has 0 unspecified atom stereocenters. The lowest BCUT2D eigenvalue weighted by molar-refractivity contribution is 0.0948. The van der Waals surface area contributed by atoms with Crippen LogP contribution in [-0.4, -0.2) is 31.0 Å². The van der Waals surface area contributed by atoms with Gasteiger partial charge < -0.3 is 15.1 Å². The highest BCUT2D eigenvalue weighted by Gasteiger charge is 2.24. The summed E-state index contributed by atoms with van der Waals surface area (Å²) < 4.78 is 5.42. The summed E-state index contributed by atoms with van der Waals surface area (Å²) in [5.74, 6) is 1.28. The highest BCUT2D eigenvalue weighted by atomic mass is 16.3. The molecular formula is C16H18N4O3. The van der Waals surface area contributed by atoms with Crippen molar-refractivity contribution in [2.75, 3.05) is 24.4 Å². The van der Waals surface area contributed by atoms with Crippen LogP contribution >= 0.6 is 0 Å². The van der Waals surface area contributed by atoms with Gasteiger partial charge in [0.05, 0.1) is 17.9 Å². The van der Waals surface area contributed by atoms with Gasteiger partial charge in [-0.05, 0) is 37.3 Å². The molecule has 1 aromatic carbocycles. The number of amides is 3. The Morgan fingerprint density at radius 3 is 2.70 bits per heavy atom. The van der Waals surface area contributed by atoms with Crippen LogP contribution in [0.5, 0.6) is 0 Å². The van der Waals surface area contributed by atoms with Gasteiger partial charge in [0.1, 0.15) is 11.5 Å². The van der Waals surface area contributed by atoms with Crippen LogP contribution in [0.25, 0.3) is 0 Å². The fourth-order valence-corrected chi connectivity index (χ4v) is 2.40. The van der Waals surface area contributed by atoms with E-state index in [1.807, 2.05) is 19.1 Å². The van der Waals surface area contributed by atoms with Crippen molar-refractivity contribution in [1.29, 1.82) is 0 Å². The minimum Gasteiger partial charge on any atom is -0.465 e. The molecule has 1 aliphatic heterocycles. The van der Waals surface area contributed by atoms with Gasteiger partial charge in [-0.3, -0.25) is 9.80 Å². The summed E-state index contributed by atoms with van der Waals surface area (Å²) in [6, 6.07) is 8.62. The Hall–Kier alpha value is -2.96. The van der Waals surface area contributed by atoms with E-state index in [9.17, 15) is 9.59 Å². The molecule has 0 aliphatic carbocycles. The lowest BCUT2D eigenvalue weighted by Gasteiger charge is -2.36. The van der Waals surface area contributed by atoms with Crippen LogP contribution in [0.15, 0.2) is 34.7 Å². The molecule has 2 aromatic rings. The highest BCUT2D eigenvalue weighted by molar-refractivity contribution is 6.01. The third-order valence-corrected chi connectivity index (χ3v) is 3.81. The number of urea groups is 1. The Bertz CT molecular complexity index is 768. The van der Waals surface area contributed by atoms with Crippen molar-refractivity contribution in [2.45, 2.75) is 13.5 Å². The number of benzene rings is 1. The summed E-state index contributed by atoms with van der Waals surface area (Å²) in [5.41, 5.74) is 1.91. The number of anilines is 2. The zero-order chi connectivity index (χ0) is 16.6. The minimum absolute atomic E-state index is 0.224. The first-order valence-corrected chi connectivity index (χ1v) is 7.21. The van der Waals surface area contributed by atoms with Gasteiger partial charge in [0.2, 0.25) is 0 Å². The van der Waals surface area contributed by atoms with E-state index in [2.05, 4.69) is 10.6 Å². The average molecular weight is 314 g/mol. The molecule has 0 radical (unpaired) electrons. The standard InChI is InChI=1S/C16H18N4O3/c1-10-4-6-12(23-10)9-17-15(21)11-5-7-14-13(8-11)18-16(22)20(3)19(14)2/h4-8H,9H2,1-3H3,(H,17,21)(H,18,22). The second-order valence-corrected chi connectivity index (χ2v) is 5.40. The predicted octanol–water partition coefficient (Wildman–Crippen LogP) is 2.35. The third-order valence-electron chi connectivity index (χ3n) is 3.81. The van der Waals surface area contributed by atoms with Gasteiger partial charge in [-0.15, -0.1) is 0 Å². The summed E-state index contributed by atoms with van der Waals surface area (Å²) in [6.07, 6.45) is 0. The van der Waals surface area contributed by atoms with Crippen LogP contribution in [-0.2, 0) is 6.54 Å². The van der Waals surface area contributed by atoms with E-state index in [4.69, 9.17) is 4.42 Å². The molecule has 2 heterocycles. The number of aryl methyl sites for hydroxylation is 1.